The highest BCUT2D eigenvalue weighted by atomic mass is 16.2. The van der Waals surface area contributed by atoms with Gasteiger partial charge in [0.2, 0.25) is 5.91 Å². The van der Waals surface area contributed by atoms with Crippen LogP contribution >= 0.6 is 0 Å². The van der Waals surface area contributed by atoms with Crippen LogP contribution in [0.25, 0.3) is 0 Å². The van der Waals surface area contributed by atoms with Gasteiger partial charge in [-0.15, -0.1) is 6.58 Å². The van der Waals surface area contributed by atoms with E-state index >= 15 is 0 Å². The maximum Gasteiger partial charge on any atom is 0.253 e. The predicted octanol–water partition coefficient (Wildman–Crippen LogP) is 0.874. The van der Waals surface area contributed by atoms with Crippen LogP contribution in [0.4, 0.5) is 0 Å². The normalized spacial score (nSPS) is 16.4. The largest absolute Gasteiger partial charge is 0.338 e. The van der Waals surface area contributed by atoms with E-state index in [1.54, 1.807) is 28.0 Å². The second-order valence-corrected chi connectivity index (χ2v) is 5.11. The van der Waals surface area contributed by atoms with Gasteiger partial charge < -0.3 is 15.5 Å². The van der Waals surface area contributed by atoms with Gasteiger partial charge in [-0.05, 0) is 18.6 Å². The number of nitrogens with two attached hydrogens (primary N) is 1. The molecule has 2 N–H and O–H groups in total. The fraction of sp³-hybridized carbons (Fsp3) is 0.375. The summed E-state index contributed by atoms with van der Waals surface area (Å²) >= 11 is 0. The maximum atomic E-state index is 12.3. The lowest BCUT2D eigenvalue weighted by molar-refractivity contribution is -0.134. The van der Waals surface area contributed by atoms with Gasteiger partial charge in [0.15, 0.2) is 0 Å². The van der Waals surface area contributed by atoms with Crippen LogP contribution in [0.5, 0.6) is 0 Å². The van der Waals surface area contributed by atoms with E-state index < -0.39 is 6.04 Å². The van der Waals surface area contributed by atoms with Crippen LogP contribution in [0, 0.1) is 0 Å². The number of carbonyl (C=O) groups is 2. The van der Waals surface area contributed by atoms with Crippen LogP contribution in [0.3, 0.4) is 0 Å². The first-order valence-electron chi connectivity index (χ1n) is 7.13. The summed E-state index contributed by atoms with van der Waals surface area (Å²) in [6.07, 6.45) is 2.12. The first-order valence-corrected chi connectivity index (χ1v) is 7.13. The number of rotatable bonds is 4. The van der Waals surface area contributed by atoms with Gasteiger partial charge in [0.25, 0.3) is 5.91 Å². The molecule has 2 amide bonds. The number of carbonyl (C=O) groups excluding carboxylic acids is 2. The average Bonchev–Trinajstić information content (AvgIpc) is 2.54. The molecule has 0 aromatic heterocycles. The molecule has 1 heterocycles. The Morgan fingerprint density at radius 3 is 2.29 bits per heavy atom. The lowest BCUT2D eigenvalue weighted by Gasteiger charge is -2.35. The molecule has 0 radical (unpaired) electrons. The highest BCUT2D eigenvalue weighted by Gasteiger charge is 2.26. The van der Waals surface area contributed by atoms with Crippen molar-refractivity contribution in [2.75, 3.05) is 26.2 Å². The van der Waals surface area contributed by atoms with Crippen molar-refractivity contribution in [2.45, 2.75) is 12.5 Å². The summed E-state index contributed by atoms with van der Waals surface area (Å²) in [6.45, 7) is 5.74. The average molecular weight is 287 g/mol. The number of hydrogen-bond donors (Lipinski definition) is 1. The molecule has 0 spiro atoms. The maximum absolute atomic E-state index is 12.3. The molecule has 0 bridgehead atoms. The van der Waals surface area contributed by atoms with Gasteiger partial charge in [-0.1, -0.05) is 24.3 Å². The van der Waals surface area contributed by atoms with Crippen molar-refractivity contribution in [3.05, 3.63) is 48.6 Å². The molecule has 1 aliphatic heterocycles. The summed E-state index contributed by atoms with van der Waals surface area (Å²) in [4.78, 5) is 27.9. The van der Waals surface area contributed by atoms with Crippen molar-refractivity contribution in [3.8, 4) is 0 Å². The van der Waals surface area contributed by atoms with Crippen LogP contribution in [0.15, 0.2) is 43.0 Å². The molecule has 112 valence electrons. The lowest BCUT2D eigenvalue weighted by Crippen LogP contribution is -2.54. The zero-order valence-corrected chi connectivity index (χ0v) is 12.1. The monoisotopic (exact) mass is 287 g/mol. The van der Waals surface area contributed by atoms with Crippen LogP contribution in [0.1, 0.15) is 16.8 Å². The van der Waals surface area contributed by atoms with E-state index in [-0.39, 0.29) is 11.8 Å². The van der Waals surface area contributed by atoms with Gasteiger partial charge in [-0.2, -0.15) is 0 Å². The minimum Gasteiger partial charge on any atom is -0.338 e. The number of nitrogens with zero attached hydrogens (tertiary/aromatic N) is 2. The molecule has 0 aliphatic carbocycles. The molecule has 0 saturated carbocycles. The summed E-state index contributed by atoms with van der Waals surface area (Å²) in [5.41, 5.74) is 6.48. The number of amides is 2. The molecule has 1 fully saturated rings. The Kier molecular flexibility index (Phi) is 5.11. The van der Waals surface area contributed by atoms with Crippen LogP contribution in [0.2, 0.25) is 0 Å². The zero-order chi connectivity index (χ0) is 15.2. The van der Waals surface area contributed by atoms with Gasteiger partial charge >= 0.3 is 0 Å². The molecule has 1 atom stereocenters. The molecular weight excluding hydrogens is 266 g/mol. The summed E-state index contributed by atoms with van der Waals surface area (Å²) in [5, 5.41) is 0. The SMILES string of the molecule is C=CCC(N)C(=O)N1CCN(C(=O)c2ccccc2)CC1. The smallest absolute Gasteiger partial charge is 0.253 e. The molecule has 1 saturated heterocycles. The molecule has 1 aromatic rings. The van der Waals surface area contributed by atoms with E-state index in [0.29, 0.717) is 38.2 Å². The van der Waals surface area contributed by atoms with Gasteiger partial charge in [0.1, 0.15) is 0 Å². The van der Waals surface area contributed by atoms with Crippen molar-refractivity contribution in [1.82, 2.24) is 9.80 Å². The summed E-state index contributed by atoms with van der Waals surface area (Å²) < 4.78 is 0. The van der Waals surface area contributed by atoms with Crippen molar-refractivity contribution in [3.63, 3.8) is 0 Å². The Balaban J connectivity index is 1.90. The Morgan fingerprint density at radius 1 is 1.14 bits per heavy atom. The number of benzene rings is 1. The lowest BCUT2D eigenvalue weighted by atomic mass is 10.1. The molecular formula is C16H21N3O2. The van der Waals surface area contributed by atoms with Crippen molar-refractivity contribution in [1.29, 1.82) is 0 Å². The molecule has 1 unspecified atom stereocenters. The Labute approximate surface area is 125 Å². The van der Waals surface area contributed by atoms with Crippen molar-refractivity contribution in [2.24, 2.45) is 5.73 Å². The zero-order valence-electron chi connectivity index (χ0n) is 12.1. The number of piperazine rings is 1. The third-order valence-electron chi connectivity index (χ3n) is 3.64. The van der Waals surface area contributed by atoms with Gasteiger partial charge in [-0.25, -0.2) is 0 Å². The van der Waals surface area contributed by atoms with Crippen molar-refractivity contribution < 1.29 is 9.59 Å². The van der Waals surface area contributed by atoms with Crippen molar-refractivity contribution >= 4 is 11.8 Å². The fourth-order valence-corrected chi connectivity index (χ4v) is 2.41. The fourth-order valence-electron chi connectivity index (χ4n) is 2.41. The van der Waals surface area contributed by atoms with E-state index in [0.717, 1.165) is 0 Å². The topological polar surface area (TPSA) is 66.6 Å². The third-order valence-corrected chi connectivity index (χ3v) is 3.64. The van der Waals surface area contributed by atoms with E-state index in [1.807, 2.05) is 18.2 Å². The van der Waals surface area contributed by atoms with Crippen LogP contribution in [-0.4, -0.2) is 53.8 Å². The van der Waals surface area contributed by atoms with E-state index in [1.165, 1.54) is 0 Å². The first kappa shape index (κ1) is 15.3. The second-order valence-electron chi connectivity index (χ2n) is 5.11. The molecule has 2 rings (SSSR count). The standard InChI is InChI=1S/C16H21N3O2/c1-2-6-14(17)16(21)19-11-9-18(10-12-19)15(20)13-7-4-3-5-8-13/h2-5,7-8,14H,1,6,9-12,17H2. The van der Waals surface area contributed by atoms with Crippen LogP contribution in [-0.2, 0) is 4.79 Å². The summed E-state index contributed by atoms with van der Waals surface area (Å²) in [7, 11) is 0. The molecule has 5 heteroatoms. The molecule has 5 nitrogen and oxygen atoms in total. The quantitative estimate of drug-likeness (QED) is 0.836. The number of hydrogen-bond acceptors (Lipinski definition) is 3. The van der Waals surface area contributed by atoms with Gasteiger partial charge in [-0.3, -0.25) is 9.59 Å². The van der Waals surface area contributed by atoms with E-state index in [9.17, 15) is 9.59 Å². The third kappa shape index (κ3) is 3.70. The van der Waals surface area contributed by atoms with E-state index in [4.69, 9.17) is 5.73 Å². The highest BCUT2D eigenvalue weighted by Crippen LogP contribution is 2.10. The molecule has 1 aromatic carbocycles. The van der Waals surface area contributed by atoms with E-state index in [2.05, 4.69) is 6.58 Å². The van der Waals surface area contributed by atoms with Crippen LogP contribution < -0.4 is 5.73 Å². The molecule has 21 heavy (non-hydrogen) atoms. The first-order chi connectivity index (χ1) is 10.1. The predicted molar refractivity (Wildman–Crippen MR) is 81.7 cm³/mol. The minimum absolute atomic E-state index is 0.0121. The van der Waals surface area contributed by atoms with Gasteiger partial charge in [0, 0.05) is 31.7 Å². The summed E-state index contributed by atoms with van der Waals surface area (Å²) in [5.74, 6) is -0.0557. The Morgan fingerprint density at radius 2 is 1.71 bits per heavy atom. The second kappa shape index (κ2) is 7.04. The Bertz CT molecular complexity index is 508. The molecule has 1 aliphatic rings. The highest BCUT2D eigenvalue weighted by molar-refractivity contribution is 5.94. The Hall–Kier alpha value is -2.14. The van der Waals surface area contributed by atoms with Gasteiger partial charge in [0.05, 0.1) is 6.04 Å². The minimum atomic E-state index is -0.529. The summed E-state index contributed by atoms with van der Waals surface area (Å²) in [6, 6.07) is 8.66.